The fourth-order valence-corrected chi connectivity index (χ4v) is 4.47. The Hall–Kier alpha value is -1.84. The second-order valence-corrected chi connectivity index (χ2v) is 7.95. The summed E-state index contributed by atoms with van der Waals surface area (Å²) in [7, 11) is 0. The van der Waals surface area contributed by atoms with Gasteiger partial charge in [-0.2, -0.15) is 5.26 Å². The van der Waals surface area contributed by atoms with Crippen LogP contribution in [-0.4, -0.2) is 16.6 Å². The Balaban J connectivity index is 1.72. The fourth-order valence-electron chi connectivity index (χ4n) is 3.02. The third-order valence-corrected chi connectivity index (χ3v) is 5.95. The van der Waals surface area contributed by atoms with Crippen LogP contribution in [0.15, 0.2) is 27.7 Å². The van der Waals surface area contributed by atoms with Gasteiger partial charge in [-0.15, -0.1) is 0 Å². The van der Waals surface area contributed by atoms with Gasteiger partial charge < -0.3 is 5.32 Å². The zero-order valence-electron chi connectivity index (χ0n) is 14.1. The number of rotatable bonds is 4. The quantitative estimate of drug-likeness (QED) is 0.743. The number of hydrogen-bond donors (Lipinski definition) is 1. The van der Waals surface area contributed by atoms with Gasteiger partial charge in [0.25, 0.3) is 0 Å². The van der Waals surface area contributed by atoms with Gasteiger partial charge in [-0.05, 0) is 77.9 Å². The highest BCUT2D eigenvalue weighted by molar-refractivity contribution is 9.10. The lowest BCUT2D eigenvalue weighted by molar-refractivity contribution is -0.113. The molecule has 0 unspecified atom stereocenters. The van der Waals surface area contributed by atoms with Gasteiger partial charge in [-0.1, -0.05) is 17.8 Å². The number of amides is 1. The van der Waals surface area contributed by atoms with Crippen molar-refractivity contribution in [2.24, 2.45) is 0 Å². The largest absolute Gasteiger partial charge is 0.324 e. The number of nitrogens with one attached hydrogen (secondary N) is 1. The van der Waals surface area contributed by atoms with E-state index in [-0.39, 0.29) is 11.7 Å². The van der Waals surface area contributed by atoms with Gasteiger partial charge >= 0.3 is 0 Å². The van der Waals surface area contributed by atoms with Crippen molar-refractivity contribution in [1.29, 1.82) is 5.26 Å². The molecule has 128 valence electrons. The van der Waals surface area contributed by atoms with Crippen LogP contribution in [-0.2, 0) is 17.6 Å². The Kier molecular flexibility index (Phi) is 5.45. The van der Waals surface area contributed by atoms with Gasteiger partial charge in [0, 0.05) is 10.2 Å². The first-order valence-corrected chi connectivity index (χ1v) is 9.88. The standard InChI is InChI=1S/C19H18BrN3OS/c1-11-6-7-17(15(20)8-11)22-18(24)10-25-19-14(9-21)12(2)13-4-3-5-16(13)23-19/h6-8H,3-5,10H2,1-2H3,(H,22,24). The van der Waals surface area contributed by atoms with Crippen LogP contribution in [0.1, 0.15) is 34.4 Å². The van der Waals surface area contributed by atoms with Gasteiger partial charge in [0.05, 0.1) is 17.0 Å². The van der Waals surface area contributed by atoms with E-state index >= 15 is 0 Å². The van der Waals surface area contributed by atoms with E-state index in [2.05, 4.69) is 32.3 Å². The number of halogens is 1. The number of nitrogens with zero attached hydrogens (tertiary/aromatic N) is 2. The second kappa shape index (κ2) is 7.59. The second-order valence-electron chi connectivity index (χ2n) is 6.13. The number of hydrogen-bond acceptors (Lipinski definition) is 4. The van der Waals surface area contributed by atoms with Crippen molar-refractivity contribution in [2.75, 3.05) is 11.1 Å². The maximum atomic E-state index is 12.3. The van der Waals surface area contributed by atoms with Gasteiger partial charge in [-0.3, -0.25) is 4.79 Å². The Labute approximate surface area is 160 Å². The highest BCUT2D eigenvalue weighted by Crippen LogP contribution is 2.32. The van der Waals surface area contributed by atoms with Crippen molar-refractivity contribution in [2.45, 2.75) is 38.1 Å². The predicted octanol–water partition coefficient (Wildman–Crippen LogP) is 4.55. The van der Waals surface area contributed by atoms with Crippen LogP contribution in [0.5, 0.6) is 0 Å². The molecule has 1 aromatic carbocycles. The first kappa shape index (κ1) is 18.0. The average Bonchev–Trinajstić information content (AvgIpc) is 3.04. The lowest BCUT2D eigenvalue weighted by Gasteiger charge is -2.11. The molecule has 2 aromatic rings. The molecule has 0 bridgehead atoms. The molecule has 0 aliphatic heterocycles. The summed E-state index contributed by atoms with van der Waals surface area (Å²) in [6, 6.07) is 8.05. The summed E-state index contributed by atoms with van der Waals surface area (Å²) < 4.78 is 0.857. The number of nitriles is 1. The first-order chi connectivity index (χ1) is 12.0. The first-order valence-electron chi connectivity index (χ1n) is 8.11. The van der Waals surface area contributed by atoms with Gasteiger partial charge in [0.1, 0.15) is 11.1 Å². The van der Waals surface area contributed by atoms with E-state index in [1.54, 1.807) is 0 Å². The van der Waals surface area contributed by atoms with Crippen LogP contribution in [0, 0.1) is 25.2 Å². The summed E-state index contributed by atoms with van der Waals surface area (Å²) in [5.41, 5.74) is 5.80. The zero-order valence-corrected chi connectivity index (χ0v) is 16.6. The van der Waals surface area contributed by atoms with E-state index < -0.39 is 0 Å². The van der Waals surface area contributed by atoms with Crippen molar-refractivity contribution < 1.29 is 4.79 Å². The van der Waals surface area contributed by atoms with Crippen LogP contribution in [0.25, 0.3) is 0 Å². The monoisotopic (exact) mass is 415 g/mol. The molecule has 4 nitrogen and oxygen atoms in total. The zero-order chi connectivity index (χ0) is 18.0. The minimum absolute atomic E-state index is 0.113. The molecule has 1 aliphatic rings. The lowest BCUT2D eigenvalue weighted by Crippen LogP contribution is -2.15. The maximum Gasteiger partial charge on any atom is 0.234 e. The number of fused-ring (bicyclic) bond motifs is 1. The minimum Gasteiger partial charge on any atom is -0.324 e. The Morgan fingerprint density at radius 3 is 2.92 bits per heavy atom. The average molecular weight is 416 g/mol. The number of carbonyl (C=O) groups is 1. The normalized spacial score (nSPS) is 12.6. The molecule has 1 aromatic heterocycles. The summed E-state index contributed by atoms with van der Waals surface area (Å²) in [4.78, 5) is 16.9. The number of anilines is 1. The highest BCUT2D eigenvalue weighted by Gasteiger charge is 2.21. The summed E-state index contributed by atoms with van der Waals surface area (Å²) in [5.74, 6) is 0.110. The van der Waals surface area contributed by atoms with Crippen LogP contribution in [0.2, 0.25) is 0 Å². The molecule has 0 saturated carbocycles. The maximum absolute atomic E-state index is 12.3. The third kappa shape index (κ3) is 3.88. The van der Waals surface area contributed by atoms with Crippen molar-refractivity contribution in [1.82, 2.24) is 4.98 Å². The predicted molar refractivity (Wildman–Crippen MR) is 104 cm³/mol. The van der Waals surface area contributed by atoms with Crippen LogP contribution in [0.4, 0.5) is 5.69 Å². The summed E-state index contributed by atoms with van der Waals surface area (Å²) in [6.07, 6.45) is 3.04. The molecular weight excluding hydrogens is 398 g/mol. The molecule has 0 radical (unpaired) electrons. The number of carbonyl (C=O) groups excluding carboxylic acids is 1. The molecule has 25 heavy (non-hydrogen) atoms. The van der Waals surface area contributed by atoms with Crippen molar-refractivity contribution in [3.63, 3.8) is 0 Å². The molecule has 6 heteroatoms. The van der Waals surface area contributed by atoms with E-state index in [1.165, 1.54) is 17.3 Å². The van der Waals surface area contributed by atoms with E-state index in [0.29, 0.717) is 10.6 Å². The lowest BCUT2D eigenvalue weighted by atomic mass is 10.0. The topological polar surface area (TPSA) is 65.8 Å². The van der Waals surface area contributed by atoms with Crippen LogP contribution < -0.4 is 5.32 Å². The number of benzene rings is 1. The fraction of sp³-hybridized carbons (Fsp3) is 0.316. The van der Waals surface area contributed by atoms with Crippen molar-refractivity contribution in [3.8, 4) is 6.07 Å². The Bertz CT molecular complexity index is 889. The SMILES string of the molecule is Cc1ccc(NC(=O)CSc2nc3c(c(C)c2C#N)CCC3)c(Br)c1. The molecule has 1 heterocycles. The highest BCUT2D eigenvalue weighted by atomic mass is 79.9. The number of aryl methyl sites for hydroxylation is 2. The summed E-state index contributed by atoms with van der Waals surface area (Å²) in [5, 5.41) is 13.0. The van der Waals surface area contributed by atoms with Gasteiger partial charge in [-0.25, -0.2) is 4.98 Å². The molecule has 1 amide bonds. The van der Waals surface area contributed by atoms with Gasteiger partial charge in [0.15, 0.2) is 0 Å². The van der Waals surface area contributed by atoms with Crippen LogP contribution in [0.3, 0.4) is 0 Å². The molecule has 0 spiro atoms. The van der Waals surface area contributed by atoms with Gasteiger partial charge in [0.2, 0.25) is 5.91 Å². The van der Waals surface area contributed by atoms with Crippen molar-refractivity contribution in [3.05, 3.63) is 50.6 Å². The Morgan fingerprint density at radius 1 is 1.40 bits per heavy atom. The molecule has 3 rings (SSSR count). The number of pyridine rings is 1. The number of thioether (sulfide) groups is 1. The molecule has 0 fully saturated rings. The van der Waals surface area contributed by atoms with Crippen LogP contribution >= 0.6 is 27.7 Å². The molecule has 1 N–H and O–H groups in total. The molecular formula is C19H18BrN3OS. The molecule has 1 aliphatic carbocycles. The Morgan fingerprint density at radius 2 is 2.20 bits per heavy atom. The smallest absolute Gasteiger partial charge is 0.234 e. The van der Waals surface area contributed by atoms with E-state index in [4.69, 9.17) is 0 Å². The van der Waals surface area contributed by atoms with Crippen molar-refractivity contribution >= 4 is 39.3 Å². The molecule has 0 atom stereocenters. The van der Waals surface area contributed by atoms with E-state index in [0.717, 1.165) is 46.2 Å². The molecule has 0 saturated heterocycles. The minimum atomic E-state index is -0.113. The summed E-state index contributed by atoms with van der Waals surface area (Å²) >= 11 is 4.79. The summed E-state index contributed by atoms with van der Waals surface area (Å²) in [6.45, 7) is 3.98. The van der Waals surface area contributed by atoms with E-state index in [1.807, 2.05) is 32.0 Å². The van der Waals surface area contributed by atoms with E-state index in [9.17, 15) is 10.1 Å². The third-order valence-electron chi connectivity index (χ3n) is 4.32. The number of aromatic nitrogens is 1.